The van der Waals surface area contributed by atoms with Crippen molar-refractivity contribution >= 4 is 17.0 Å². The third-order valence-corrected chi connectivity index (χ3v) is 4.42. The van der Waals surface area contributed by atoms with Gasteiger partial charge in [0.05, 0.1) is 6.04 Å². The number of anilines is 1. The zero-order valence-corrected chi connectivity index (χ0v) is 14.0. The van der Waals surface area contributed by atoms with Crippen molar-refractivity contribution < 1.29 is 4.74 Å². The van der Waals surface area contributed by atoms with E-state index >= 15 is 0 Å². The highest BCUT2D eigenvalue weighted by atomic mass is 32.1. The minimum atomic E-state index is 0.323. The molecule has 0 fully saturated rings. The van der Waals surface area contributed by atoms with Crippen molar-refractivity contribution in [2.45, 2.75) is 19.9 Å². The molecule has 1 heterocycles. The number of likely N-dealkylation sites (N-methyl/N-ethyl adjacent to an activating group) is 1. The van der Waals surface area contributed by atoms with E-state index in [1.165, 1.54) is 9.75 Å². The molecule has 0 aliphatic heterocycles. The number of thiophene rings is 1. The summed E-state index contributed by atoms with van der Waals surface area (Å²) in [6.45, 7) is 5.97. The van der Waals surface area contributed by atoms with E-state index in [1.54, 1.807) is 0 Å². The van der Waals surface area contributed by atoms with Gasteiger partial charge in [0.25, 0.3) is 0 Å². The summed E-state index contributed by atoms with van der Waals surface area (Å²) in [5.74, 6) is 0.919. The van der Waals surface area contributed by atoms with Gasteiger partial charge in [-0.1, -0.05) is 0 Å². The number of hydrogen-bond donors (Lipinski definition) is 1. The molecule has 0 bridgehead atoms. The van der Waals surface area contributed by atoms with Crippen molar-refractivity contribution in [3.63, 3.8) is 0 Å². The van der Waals surface area contributed by atoms with Crippen LogP contribution in [0.1, 0.15) is 22.7 Å². The van der Waals surface area contributed by atoms with Gasteiger partial charge in [-0.3, -0.25) is 0 Å². The van der Waals surface area contributed by atoms with Crippen LogP contribution in [0.5, 0.6) is 5.75 Å². The quantitative estimate of drug-likeness (QED) is 0.831. The van der Waals surface area contributed by atoms with Gasteiger partial charge in [0, 0.05) is 22.0 Å². The molecule has 3 nitrogen and oxygen atoms in total. The van der Waals surface area contributed by atoms with Gasteiger partial charge in [0.2, 0.25) is 0 Å². The Kier molecular flexibility index (Phi) is 5.65. The SMILES string of the molecule is Cc1ccc(C(C)Nc2ccc(OCCN(C)C)cc2)s1. The van der Waals surface area contributed by atoms with Crippen molar-refractivity contribution in [1.29, 1.82) is 0 Å². The third kappa shape index (κ3) is 5.06. The molecular weight excluding hydrogens is 280 g/mol. The zero-order chi connectivity index (χ0) is 15.2. The minimum absolute atomic E-state index is 0.323. The molecule has 0 radical (unpaired) electrons. The van der Waals surface area contributed by atoms with Gasteiger partial charge in [-0.05, 0) is 64.3 Å². The number of rotatable bonds is 7. The van der Waals surface area contributed by atoms with Crippen LogP contribution in [0.3, 0.4) is 0 Å². The number of nitrogens with zero attached hydrogens (tertiary/aromatic N) is 1. The van der Waals surface area contributed by atoms with Crippen LogP contribution in [0.2, 0.25) is 0 Å². The van der Waals surface area contributed by atoms with Crippen LogP contribution in [0, 0.1) is 6.92 Å². The van der Waals surface area contributed by atoms with Crippen LogP contribution in [0.4, 0.5) is 5.69 Å². The Labute approximate surface area is 131 Å². The van der Waals surface area contributed by atoms with E-state index in [2.05, 4.69) is 48.3 Å². The summed E-state index contributed by atoms with van der Waals surface area (Å²) in [5, 5.41) is 3.52. The van der Waals surface area contributed by atoms with Gasteiger partial charge in [0.1, 0.15) is 12.4 Å². The highest BCUT2D eigenvalue weighted by Crippen LogP contribution is 2.26. The van der Waals surface area contributed by atoms with E-state index in [1.807, 2.05) is 37.6 Å². The van der Waals surface area contributed by atoms with Gasteiger partial charge in [-0.15, -0.1) is 11.3 Å². The Morgan fingerprint density at radius 3 is 2.43 bits per heavy atom. The number of benzene rings is 1. The number of ether oxygens (including phenoxy) is 1. The second kappa shape index (κ2) is 7.48. The Bertz CT molecular complexity index is 548. The van der Waals surface area contributed by atoms with Crippen LogP contribution in [-0.4, -0.2) is 32.1 Å². The summed E-state index contributed by atoms with van der Waals surface area (Å²) in [7, 11) is 4.09. The molecule has 1 aromatic carbocycles. The fourth-order valence-corrected chi connectivity index (χ4v) is 2.88. The molecule has 1 N–H and O–H groups in total. The smallest absolute Gasteiger partial charge is 0.119 e. The third-order valence-electron chi connectivity index (χ3n) is 3.23. The van der Waals surface area contributed by atoms with E-state index in [0.29, 0.717) is 12.6 Å². The van der Waals surface area contributed by atoms with Crippen LogP contribution < -0.4 is 10.1 Å². The molecule has 2 aromatic rings. The normalized spacial score (nSPS) is 12.4. The summed E-state index contributed by atoms with van der Waals surface area (Å²) >= 11 is 1.84. The maximum absolute atomic E-state index is 5.70. The van der Waals surface area contributed by atoms with E-state index in [9.17, 15) is 0 Å². The summed E-state index contributed by atoms with van der Waals surface area (Å²) in [6, 6.07) is 12.9. The van der Waals surface area contributed by atoms with Gasteiger partial charge in [-0.2, -0.15) is 0 Å². The molecule has 2 rings (SSSR count). The van der Waals surface area contributed by atoms with Gasteiger partial charge in [0.15, 0.2) is 0 Å². The van der Waals surface area contributed by atoms with Crippen LogP contribution in [0.15, 0.2) is 36.4 Å². The molecule has 1 unspecified atom stereocenters. The number of hydrogen-bond acceptors (Lipinski definition) is 4. The second-order valence-electron chi connectivity index (χ2n) is 5.49. The largest absolute Gasteiger partial charge is 0.492 e. The molecule has 0 spiro atoms. The van der Waals surface area contributed by atoms with Crippen molar-refractivity contribution in [3.8, 4) is 5.75 Å². The number of aryl methyl sites for hydroxylation is 1. The Morgan fingerprint density at radius 1 is 1.14 bits per heavy atom. The van der Waals surface area contributed by atoms with E-state index in [0.717, 1.165) is 18.0 Å². The molecule has 21 heavy (non-hydrogen) atoms. The Balaban J connectivity index is 1.87. The summed E-state index contributed by atoms with van der Waals surface area (Å²) in [4.78, 5) is 4.82. The summed E-state index contributed by atoms with van der Waals surface area (Å²) in [5.41, 5.74) is 1.12. The minimum Gasteiger partial charge on any atom is -0.492 e. The van der Waals surface area contributed by atoms with Gasteiger partial charge in [-0.25, -0.2) is 0 Å². The zero-order valence-electron chi connectivity index (χ0n) is 13.2. The molecule has 1 atom stereocenters. The average Bonchev–Trinajstić information content (AvgIpc) is 2.87. The molecular formula is C17H24N2OS. The van der Waals surface area contributed by atoms with E-state index < -0.39 is 0 Å². The lowest BCUT2D eigenvalue weighted by atomic mass is 10.2. The van der Waals surface area contributed by atoms with Crippen molar-refractivity contribution in [3.05, 3.63) is 46.2 Å². The predicted molar refractivity (Wildman–Crippen MR) is 91.6 cm³/mol. The molecule has 0 aliphatic rings. The average molecular weight is 304 g/mol. The van der Waals surface area contributed by atoms with Crippen LogP contribution in [0.25, 0.3) is 0 Å². The van der Waals surface area contributed by atoms with E-state index in [4.69, 9.17) is 4.74 Å². The Hall–Kier alpha value is -1.52. The first-order valence-corrected chi connectivity index (χ1v) is 8.06. The maximum atomic E-state index is 5.70. The monoisotopic (exact) mass is 304 g/mol. The fourth-order valence-electron chi connectivity index (χ4n) is 2.00. The first-order valence-electron chi connectivity index (χ1n) is 7.25. The van der Waals surface area contributed by atoms with E-state index in [-0.39, 0.29) is 0 Å². The molecule has 114 valence electrons. The van der Waals surface area contributed by atoms with Crippen LogP contribution >= 0.6 is 11.3 Å². The predicted octanol–water partition coefficient (Wildman–Crippen LogP) is 4.17. The lowest BCUT2D eigenvalue weighted by Crippen LogP contribution is -2.19. The standard InChI is InChI=1S/C17H24N2OS/c1-13-5-10-17(21-13)14(2)18-15-6-8-16(9-7-15)20-12-11-19(3)4/h5-10,14,18H,11-12H2,1-4H3. The molecule has 4 heteroatoms. The van der Waals surface area contributed by atoms with Gasteiger partial charge >= 0.3 is 0 Å². The summed E-state index contributed by atoms with van der Waals surface area (Å²) < 4.78 is 5.70. The number of nitrogens with one attached hydrogen (secondary N) is 1. The lowest BCUT2D eigenvalue weighted by Gasteiger charge is -2.15. The van der Waals surface area contributed by atoms with Crippen LogP contribution in [-0.2, 0) is 0 Å². The first kappa shape index (κ1) is 15.9. The van der Waals surface area contributed by atoms with Gasteiger partial charge < -0.3 is 15.0 Å². The maximum Gasteiger partial charge on any atom is 0.119 e. The first-order chi connectivity index (χ1) is 10.0. The molecule has 1 aromatic heterocycles. The lowest BCUT2D eigenvalue weighted by molar-refractivity contribution is 0.261. The molecule has 0 saturated heterocycles. The molecule has 0 amide bonds. The Morgan fingerprint density at radius 2 is 1.86 bits per heavy atom. The molecule has 0 saturated carbocycles. The van der Waals surface area contributed by atoms with Crippen molar-refractivity contribution in [2.75, 3.05) is 32.6 Å². The topological polar surface area (TPSA) is 24.5 Å². The highest BCUT2D eigenvalue weighted by molar-refractivity contribution is 7.12. The molecule has 0 aliphatic carbocycles. The summed E-state index contributed by atoms with van der Waals surface area (Å²) in [6.07, 6.45) is 0. The fraction of sp³-hybridized carbons (Fsp3) is 0.412. The van der Waals surface area contributed by atoms with Crippen molar-refractivity contribution in [1.82, 2.24) is 4.90 Å². The van der Waals surface area contributed by atoms with Crippen molar-refractivity contribution in [2.24, 2.45) is 0 Å². The second-order valence-corrected chi connectivity index (χ2v) is 6.81. The highest BCUT2D eigenvalue weighted by Gasteiger charge is 2.07.